The molecule has 1 aliphatic carbocycles. The van der Waals surface area contributed by atoms with Crippen molar-refractivity contribution in [2.45, 2.75) is 69.5 Å². The van der Waals surface area contributed by atoms with Gasteiger partial charge >= 0.3 is 6.03 Å². The predicted molar refractivity (Wildman–Crippen MR) is 119 cm³/mol. The largest absolute Gasteiger partial charge is 0.351 e. The lowest BCUT2D eigenvalue weighted by atomic mass is 9.94. The molecular formula is C23H31ClN4O3. The van der Waals surface area contributed by atoms with Gasteiger partial charge in [0.25, 0.3) is 5.91 Å². The second kappa shape index (κ2) is 8.10. The summed E-state index contributed by atoms with van der Waals surface area (Å²) in [5.74, 6) is -0.647. The number of likely N-dealkylation sites (tertiary alicyclic amines) is 1. The zero-order valence-electron chi connectivity index (χ0n) is 18.4. The number of piperidine rings is 1. The van der Waals surface area contributed by atoms with E-state index in [0.29, 0.717) is 0 Å². The number of benzene rings is 1. The van der Waals surface area contributed by atoms with E-state index in [1.54, 1.807) is 20.8 Å². The van der Waals surface area contributed by atoms with Gasteiger partial charge in [0.15, 0.2) is 0 Å². The second-order valence-electron chi connectivity index (χ2n) is 9.75. The van der Waals surface area contributed by atoms with Crippen molar-refractivity contribution >= 4 is 29.4 Å². The molecule has 0 spiro atoms. The number of amides is 4. The lowest BCUT2D eigenvalue weighted by Crippen LogP contribution is -2.53. The third-order valence-electron chi connectivity index (χ3n) is 6.93. The quantitative estimate of drug-likeness (QED) is 0.658. The molecule has 8 heteroatoms. The number of carbonyl (C=O) groups is 3. The molecule has 2 heterocycles. The van der Waals surface area contributed by atoms with Gasteiger partial charge in [-0.25, -0.2) is 9.69 Å². The first kappa shape index (κ1) is 22.1. The van der Waals surface area contributed by atoms with Gasteiger partial charge in [0.05, 0.1) is 0 Å². The molecule has 1 atom stereocenters. The summed E-state index contributed by atoms with van der Waals surface area (Å²) in [5, 5.41) is 6.44. The van der Waals surface area contributed by atoms with E-state index in [1.807, 2.05) is 12.1 Å². The molecule has 4 rings (SSSR count). The zero-order chi connectivity index (χ0) is 22.4. The van der Waals surface area contributed by atoms with Crippen molar-refractivity contribution in [3.8, 4) is 0 Å². The topological polar surface area (TPSA) is 81.8 Å². The SMILES string of the molecule is CC(C(=O)NC1CCN(CC2(c3ccc(Cl)cc3)CC2)CC1)N1C(=O)NC(C)(C)C1=O. The van der Waals surface area contributed by atoms with Gasteiger partial charge in [-0.1, -0.05) is 23.7 Å². The summed E-state index contributed by atoms with van der Waals surface area (Å²) in [6, 6.07) is 6.93. The molecule has 1 unspecified atom stereocenters. The summed E-state index contributed by atoms with van der Waals surface area (Å²) < 4.78 is 0. The van der Waals surface area contributed by atoms with Crippen LogP contribution in [0.5, 0.6) is 0 Å². The Kier molecular flexibility index (Phi) is 5.77. The number of hydrogen-bond acceptors (Lipinski definition) is 4. The maximum absolute atomic E-state index is 12.7. The van der Waals surface area contributed by atoms with Crippen molar-refractivity contribution in [2.24, 2.45) is 0 Å². The van der Waals surface area contributed by atoms with Crippen LogP contribution in [0.25, 0.3) is 0 Å². The molecule has 0 radical (unpaired) electrons. The first-order valence-electron chi connectivity index (χ1n) is 11.1. The standard InChI is InChI=1S/C23H31ClN4O3/c1-15(28-20(30)22(2,3)26-21(28)31)19(29)25-18-8-12-27(13-9-18)14-23(10-11-23)16-4-6-17(24)7-5-16/h4-7,15,18H,8-14H2,1-3H3,(H,25,29)(H,26,31). The molecule has 0 bridgehead atoms. The summed E-state index contributed by atoms with van der Waals surface area (Å²) in [6.07, 6.45) is 4.12. The van der Waals surface area contributed by atoms with Gasteiger partial charge in [0.2, 0.25) is 5.91 Å². The number of rotatable bonds is 6. The Morgan fingerprint density at radius 2 is 1.81 bits per heavy atom. The molecule has 0 aromatic heterocycles. The molecule has 2 aliphatic heterocycles. The summed E-state index contributed by atoms with van der Waals surface area (Å²) in [7, 11) is 0. The minimum Gasteiger partial charge on any atom is -0.351 e. The number of urea groups is 1. The minimum absolute atomic E-state index is 0.0608. The Morgan fingerprint density at radius 3 is 2.32 bits per heavy atom. The van der Waals surface area contributed by atoms with E-state index in [4.69, 9.17) is 11.6 Å². The maximum atomic E-state index is 12.7. The Labute approximate surface area is 188 Å². The van der Waals surface area contributed by atoms with Crippen molar-refractivity contribution in [1.29, 1.82) is 0 Å². The van der Waals surface area contributed by atoms with Gasteiger partial charge in [-0.3, -0.25) is 9.59 Å². The van der Waals surface area contributed by atoms with Gasteiger partial charge in [-0.05, 0) is 64.2 Å². The molecule has 1 saturated carbocycles. The Morgan fingerprint density at radius 1 is 1.19 bits per heavy atom. The lowest BCUT2D eigenvalue weighted by Gasteiger charge is -2.35. The van der Waals surface area contributed by atoms with Crippen LogP contribution in [0.15, 0.2) is 24.3 Å². The fraction of sp³-hybridized carbons (Fsp3) is 0.609. The van der Waals surface area contributed by atoms with Crippen LogP contribution >= 0.6 is 11.6 Å². The van der Waals surface area contributed by atoms with Crippen LogP contribution in [0, 0.1) is 0 Å². The van der Waals surface area contributed by atoms with Crippen LogP contribution in [0.2, 0.25) is 5.02 Å². The summed E-state index contributed by atoms with van der Waals surface area (Å²) in [6.45, 7) is 7.76. The Hall–Kier alpha value is -2.12. The summed E-state index contributed by atoms with van der Waals surface area (Å²) in [5.41, 5.74) is 0.628. The highest BCUT2D eigenvalue weighted by atomic mass is 35.5. The first-order valence-corrected chi connectivity index (χ1v) is 11.4. The highest BCUT2D eigenvalue weighted by Crippen LogP contribution is 2.49. The molecule has 1 aromatic rings. The van der Waals surface area contributed by atoms with Crippen molar-refractivity contribution in [3.05, 3.63) is 34.9 Å². The maximum Gasteiger partial charge on any atom is 0.325 e. The van der Waals surface area contributed by atoms with Crippen LogP contribution in [-0.2, 0) is 15.0 Å². The average molecular weight is 447 g/mol. The fourth-order valence-electron chi connectivity index (χ4n) is 4.72. The molecular weight excluding hydrogens is 416 g/mol. The molecule has 7 nitrogen and oxygen atoms in total. The van der Waals surface area contributed by atoms with E-state index in [-0.39, 0.29) is 23.3 Å². The molecule has 3 fully saturated rings. The summed E-state index contributed by atoms with van der Waals surface area (Å²) in [4.78, 5) is 40.8. The monoisotopic (exact) mass is 446 g/mol. The van der Waals surface area contributed by atoms with E-state index < -0.39 is 17.6 Å². The molecule has 1 aromatic carbocycles. The van der Waals surface area contributed by atoms with E-state index in [1.165, 1.54) is 18.4 Å². The normalized spacial score (nSPS) is 24.1. The predicted octanol–water partition coefficient (Wildman–Crippen LogP) is 2.67. The highest BCUT2D eigenvalue weighted by molar-refractivity contribution is 6.30. The van der Waals surface area contributed by atoms with Crippen molar-refractivity contribution in [2.75, 3.05) is 19.6 Å². The van der Waals surface area contributed by atoms with Gasteiger partial charge in [-0.2, -0.15) is 0 Å². The minimum atomic E-state index is -0.972. The van der Waals surface area contributed by atoms with Crippen molar-refractivity contribution < 1.29 is 14.4 Å². The molecule has 2 N–H and O–H groups in total. The van der Waals surface area contributed by atoms with E-state index in [0.717, 1.165) is 42.4 Å². The van der Waals surface area contributed by atoms with Crippen LogP contribution in [0.4, 0.5) is 4.79 Å². The van der Waals surface area contributed by atoms with E-state index in [9.17, 15) is 14.4 Å². The number of halogens is 1. The zero-order valence-corrected chi connectivity index (χ0v) is 19.2. The van der Waals surface area contributed by atoms with E-state index >= 15 is 0 Å². The third-order valence-corrected chi connectivity index (χ3v) is 7.18. The van der Waals surface area contributed by atoms with E-state index in [2.05, 4.69) is 27.7 Å². The number of imide groups is 1. The molecule has 168 valence electrons. The molecule has 4 amide bonds. The van der Waals surface area contributed by atoms with Crippen LogP contribution < -0.4 is 10.6 Å². The summed E-state index contributed by atoms with van der Waals surface area (Å²) >= 11 is 6.04. The molecule has 2 saturated heterocycles. The number of carbonyl (C=O) groups excluding carboxylic acids is 3. The Balaban J connectivity index is 1.28. The highest BCUT2D eigenvalue weighted by Gasteiger charge is 2.48. The lowest BCUT2D eigenvalue weighted by molar-refractivity contribution is -0.137. The fourth-order valence-corrected chi connectivity index (χ4v) is 4.85. The van der Waals surface area contributed by atoms with Crippen LogP contribution in [-0.4, -0.2) is 64.9 Å². The number of nitrogens with one attached hydrogen (secondary N) is 2. The smallest absolute Gasteiger partial charge is 0.325 e. The third kappa shape index (κ3) is 4.44. The van der Waals surface area contributed by atoms with Crippen molar-refractivity contribution in [3.63, 3.8) is 0 Å². The van der Waals surface area contributed by atoms with Crippen LogP contribution in [0.3, 0.4) is 0 Å². The van der Waals surface area contributed by atoms with Gasteiger partial charge in [0, 0.05) is 36.1 Å². The number of nitrogens with zero attached hydrogens (tertiary/aromatic N) is 2. The van der Waals surface area contributed by atoms with Crippen molar-refractivity contribution in [1.82, 2.24) is 20.4 Å². The number of hydrogen-bond donors (Lipinski definition) is 2. The molecule has 3 aliphatic rings. The first-order chi connectivity index (χ1) is 14.6. The second-order valence-corrected chi connectivity index (χ2v) is 10.2. The Bertz CT molecular complexity index is 873. The average Bonchev–Trinajstić information content (AvgIpc) is 3.46. The molecule has 31 heavy (non-hydrogen) atoms. The van der Waals surface area contributed by atoms with Gasteiger partial charge < -0.3 is 15.5 Å². The van der Waals surface area contributed by atoms with Gasteiger partial charge in [0.1, 0.15) is 11.6 Å². The van der Waals surface area contributed by atoms with Crippen LogP contribution in [0.1, 0.15) is 52.0 Å². The van der Waals surface area contributed by atoms with Gasteiger partial charge in [-0.15, -0.1) is 0 Å².